The third-order valence-corrected chi connectivity index (χ3v) is 5.50. The lowest BCUT2D eigenvalue weighted by Crippen LogP contribution is -2.14. The second-order valence-corrected chi connectivity index (χ2v) is 7.55. The summed E-state index contributed by atoms with van der Waals surface area (Å²) in [7, 11) is 0. The molecular weight excluding hydrogens is 392 g/mol. The third-order valence-electron chi connectivity index (χ3n) is 4.48. The summed E-state index contributed by atoms with van der Waals surface area (Å²) in [5.74, 6) is 0.725. The van der Waals surface area contributed by atoms with E-state index in [4.69, 9.17) is 4.42 Å². The third kappa shape index (κ3) is 4.29. The molecule has 30 heavy (non-hydrogen) atoms. The van der Waals surface area contributed by atoms with Crippen LogP contribution in [-0.2, 0) is 4.79 Å². The molecule has 4 aromatic rings. The van der Waals surface area contributed by atoms with E-state index >= 15 is 0 Å². The minimum atomic E-state index is -0.228. The van der Waals surface area contributed by atoms with Gasteiger partial charge in [-0.05, 0) is 17.7 Å². The van der Waals surface area contributed by atoms with Crippen molar-refractivity contribution >= 4 is 23.6 Å². The number of nitrogens with zero attached hydrogens (tertiary/aromatic N) is 1. The smallest absolute Gasteiger partial charge is 0.237 e. The molecule has 1 amide bonds. The molecule has 0 saturated heterocycles. The molecule has 0 aliphatic carbocycles. The van der Waals surface area contributed by atoms with Gasteiger partial charge in [0.25, 0.3) is 0 Å². The van der Waals surface area contributed by atoms with E-state index in [1.807, 2.05) is 91.0 Å². The number of carbonyl (C=O) groups is 1. The molecule has 0 aliphatic heterocycles. The Labute approximate surface area is 179 Å². The molecule has 0 fully saturated rings. The minimum absolute atomic E-state index is 0.175. The molecule has 146 valence electrons. The molecule has 0 bridgehead atoms. The number of nitriles is 1. The number of hydrogen-bond donors (Lipinski definition) is 1. The Hall–Kier alpha value is -3.75. The van der Waals surface area contributed by atoms with Crippen molar-refractivity contribution in [3.8, 4) is 28.5 Å². The van der Waals surface area contributed by atoms with Gasteiger partial charge in [0.15, 0.2) is 0 Å². The predicted molar refractivity (Wildman–Crippen MR) is 120 cm³/mol. The molecule has 0 aliphatic rings. The molecule has 0 atom stereocenters. The van der Waals surface area contributed by atoms with E-state index in [2.05, 4.69) is 11.4 Å². The van der Waals surface area contributed by atoms with Crippen LogP contribution in [0.2, 0.25) is 0 Å². The quantitative estimate of drug-likeness (QED) is 0.383. The summed E-state index contributed by atoms with van der Waals surface area (Å²) in [5.41, 5.74) is 2.69. The zero-order valence-electron chi connectivity index (χ0n) is 16.0. The summed E-state index contributed by atoms with van der Waals surface area (Å²) < 4.78 is 6.04. The van der Waals surface area contributed by atoms with E-state index in [9.17, 15) is 10.1 Å². The van der Waals surface area contributed by atoms with Crippen LogP contribution in [0, 0.1) is 11.3 Å². The average molecular weight is 410 g/mol. The van der Waals surface area contributed by atoms with Crippen LogP contribution < -0.4 is 5.32 Å². The molecule has 5 heteroatoms. The van der Waals surface area contributed by atoms with E-state index < -0.39 is 0 Å². The number of amides is 1. The maximum atomic E-state index is 12.5. The zero-order valence-corrected chi connectivity index (χ0v) is 16.9. The minimum Gasteiger partial charge on any atom is -0.438 e. The Kier molecular flexibility index (Phi) is 5.98. The summed E-state index contributed by atoms with van der Waals surface area (Å²) in [6.45, 7) is 0. The SMILES string of the molecule is N#Cc1c(NC(=O)CSc2ccccc2)oc(-c2ccccc2)c1-c1ccccc1. The molecular formula is C25H18N2O2S. The zero-order chi connectivity index (χ0) is 20.8. The van der Waals surface area contributed by atoms with Gasteiger partial charge in [-0.1, -0.05) is 78.9 Å². The highest BCUT2D eigenvalue weighted by Gasteiger charge is 2.24. The lowest BCUT2D eigenvalue weighted by molar-refractivity contribution is -0.113. The molecule has 1 aromatic heterocycles. The van der Waals surface area contributed by atoms with Crippen molar-refractivity contribution < 1.29 is 9.21 Å². The van der Waals surface area contributed by atoms with Gasteiger partial charge in [0.2, 0.25) is 11.8 Å². The first-order valence-corrected chi connectivity index (χ1v) is 10.4. The van der Waals surface area contributed by atoms with Gasteiger partial charge in [-0.25, -0.2) is 0 Å². The van der Waals surface area contributed by atoms with Gasteiger partial charge in [0, 0.05) is 16.0 Å². The highest BCUT2D eigenvalue weighted by molar-refractivity contribution is 8.00. The molecule has 4 nitrogen and oxygen atoms in total. The summed E-state index contributed by atoms with van der Waals surface area (Å²) in [4.78, 5) is 13.5. The molecule has 0 spiro atoms. The monoisotopic (exact) mass is 410 g/mol. The van der Waals surface area contributed by atoms with Gasteiger partial charge in [-0.2, -0.15) is 5.26 Å². The lowest BCUT2D eigenvalue weighted by atomic mass is 9.98. The van der Waals surface area contributed by atoms with Crippen LogP contribution in [0.15, 0.2) is 100 Å². The molecule has 0 saturated carbocycles. The topological polar surface area (TPSA) is 66.0 Å². The van der Waals surface area contributed by atoms with E-state index in [1.54, 1.807) is 0 Å². The van der Waals surface area contributed by atoms with Crippen molar-refractivity contribution in [1.29, 1.82) is 5.26 Å². The second kappa shape index (κ2) is 9.17. The van der Waals surface area contributed by atoms with Crippen LogP contribution in [0.5, 0.6) is 0 Å². The van der Waals surface area contributed by atoms with E-state index in [-0.39, 0.29) is 17.5 Å². The highest BCUT2D eigenvalue weighted by Crippen LogP contribution is 2.41. The molecule has 3 aromatic carbocycles. The van der Waals surface area contributed by atoms with Crippen molar-refractivity contribution in [3.63, 3.8) is 0 Å². The Morgan fingerprint density at radius 2 is 1.43 bits per heavy atom. The second-order valence-electron chi connectivity index (χ2n) is 6.50. The fraction of sp³-hybridized carbons (Fsp3) is 0.0400. The predicted octanol–water partition coefficient (Wildman–Crippen LogP) is 6.22. The Bertz CT molecular complexity index is 1180. The van der Waals surface area contributed by atoms with Crippen molar-refractivity contribution in [3.05, 3.63) is 96.6 Å². The highest BCUT2D eigenvalue weighted by atomic mass is 32.2. The molecule has 0 unspecified atom stereocenters. The molecule has 1 heterocycles. The number of hydrogen-bond acceptors (Lipinski definition) is 4. The summed E-state index contributed by atoms with van der Waals surface area (Å²) in [6, 6.07) is 31.1. The standard InChI is InChI=1S/C25H18N2O2S/c26-16-21-23(18-10-4-1-5-11-18)24(19-12-6-2-7-13-19)29-25(21)27-22(28)17-30-20-14-8-3-9-15-20/h1-15H,17H2,(H,27,28). The van der Waals surface area contributed by atoms with Crippen LogP contribution in [0.25, 0.3) is 22.5 Å². The molecule has 1 N–H and O–H groups in total. The first-order chi connectivity index (χ1) is 14.8. The van der Waals surface area contributed by atoms with Crippen LogP contribution in [0.3, 0.4) is 0 Å². The van der Waals surface area contributed by atoms with Gasteiger partial charge in [0.05, 0.1) is 5.75 Å². The fourth-order valence-electron chi connectivity index (χ4n) is 3.13. The largest absolute Gasteiger partial charge is 0.438 e. The van der Waals surface area contributed by atoms with Crippen LogP contribution in [-0.4, -0.2) is 11.7 Å². The van der Waals surface area contributed by atoms with Crippen LogP contribution in [0.4, 0.5) is 5.88 Å². The van der Waals surface area contributed by atoms with E-state index in [1.165, 1.54) is 11.8 Å². The first-order valence-electron chi connectivity index (χ1n) is 9.41. The van der Waals surface area contributed by atoms with Crippen LogP contribution >= 0.6 is 11.8 Å². The van der Waals surface area contributed by atoms with Crippen molar-refractivity contribution in [2.75, 3.05) is 11.1 Å². The van der Waals surface area contributed by atoms with Gasteiger partial charge < -0.3 is 4.42 Å². The number of furan rings is 1. The number of rotatable bonds is 6. The van der Waals surface area contributed by atoms with Crippen molar-refractivity contribution in [1.82, 2.24) is 0 Å². The number of nitrogens with one attached hydrogen (secondary N) is 1. The summed E-state index contributed by atoms with van der Waals surface area (Å²) in [5, 5.41) is 12.7. The molecule has 0 radical (unpaired) electrons. The van der Waals surface area contributed by atoms with Gasteiger partial charge in [0.1, 0.15) is 17.4 Å². The first kappa shape index (κ1) is 19.6. The average Bonchev–Trinajstić information content (AvgIpc) is 3.17. The normalized spacial score (nSPS) is 10.4. The maximum absolute atomic E-state index is 12.5. The molecule has 4 rings (SSSR count). The Morgan fingerprint density at radius 3 is 2.03 bits per heavy atom. The van der Waals surface area contributed by atoms with Crippen molar-refractivity contribution in [2.24, 2.45) is 0 Å². The summed E-state index contributed by atoms with van der Waals surface area (Å²) >= 11 is 1.43. The van der Waals surface area contributed by atoms with E-state index in [0.717, 1.165) is 16.0 Å². The van der Waals surface area contributed by atoms with Gasteiger partial charge in [-0.15, -0.1) is 11.8 Å². The van der Waals surface area contributed by atoms with Gasteiger partial charge >= 0.3 is 0 Å². The number of carbonyl (C=O) groups excluding carboxylic acids is 1. The lowest BCUT2D eigenvalue weighted by Gasteiger charge is -2.03. The summed E-state index contributed by atoms with van der Waals surface area (Å²) in [6.07, 6.45) is 0. The van der Waals surface area contributed by atoms with E-state index in [0.29, 0.717) is 16.9 Å². The maximum Gasteiger partial charge on any atom is 0.237 e. The van der Waals surface area contributed by atoms with Gasteiger partial charge in [-0.3, -0.25) is 10.1 Å². The van der Waals surface area contributed by atoms with Crippen molar-refractivity contribution in [2.45, 2.75) is 4.90 Å². The van der Waals surface area contributed by atoms with Crippen LogP contribution in [0.1, 0.15) is 5.56 Å². The number of thioether (sulfide) groups is 1. The number of anilines is 1. The fourth-order valence-corrected chi connectivity index (χ4v) is 3.85. The Morgan fingerprint density at radius 1 is 0.867 bits per heavy atom. The number of benzene rings is 3. The Balaban J connectivity index is 1.67.